The summed E-state index contributed by atoms with van der Waals surface area (Å²) < 4.78 is 0. The second-order valence-electron chi connectivity index (χ2n) is 4.52. The number of rotatable bonds is 4. The van der Waals surface area contributed by atoms with Crippen molar-refractivity contribution in [1.82, 2.24) is 15.3 Å². The summed E-state index contributed by atoms with van der Waals surface area (Å²) in [6, 6.07) is 2.98. The number of anilines is 1. The lowest BCUT2D eigenvalue weighted by Gasteiger charge is -2.10. The first-order chi connectivity index (χ1) is 10.5. The van der Waals surface area contributed by atoms with Gasteiger partial charge in [-0.25, -0.2) is 14.8 Å². The Morgan fingerprint density at radius 2 is 2.09 bits per heavy atom. The molecule has 0 fully saturated rings. The van der Waals surface area contributed by atoms with E-state index in [0.717, 1.165) is 11.4 Å². The largest absolute Gasteiger partial charge is 0.338 e. The average Bonchev–Trinajstić information content (AvgIpc) is 2.49. The van der Waals surface area contributed by atoms with Gasteiger partial charge in [0, 0.05) is 18.0 Å². The van der Waals surface area contributed by atoms with Crippen LogP contribution in [-0.4, -0.2) is 29.1 Å². The Morgan fingerprint density at radius 1 is 1.36 bits per heavy atom. The highest BCUT2D eigenvalue weighted by molar-refractivity contribution is 6.38. The molecular formula is C13H14ClN7O. The predicted molar refractivity (Wildman–Crippen MR) is 85.1 cm³/mol. The van der Waals surface area contributed by atoms with Crippen LogP contribution in [-0.2, 0) is 0 Å². The van der Waals surface area contributed by atoms with Gasteiger partial charge in [0.05, 0.1) is 27.6 Å². The number of carbonyl (C=O) groups is 1. The third-order valence-electron chi connectivity index (χ3n) is 2.99. The standard InChI is InChI=1S/C13H14ClN7O/c1-7-8(2)19-12-10(18-7)4-3-9(11(12)14)20-13(22)16-5-6-17-21-15/h3-4H,5-6H2,1-2H3,(H2,16,20,22). The number of carbonyl (C=O) groups excluding carboxylic acids is 1. The Labute approximate surface area is 131 Å². The van der Waals surface area contributed by atoms with Gasteiger partial charge in [0.2, 0.25) is 0 Å². The van der Waals surface area contributed by atoms with E-state index in [-0.39, 0.29) is 13.1 Å². The summed E-state index contributed by atoms with van der Waals surface area (Å²) in [5.74, 6) is 0. The van der Waals surface area contributed by atoms with Crippen molar-refractivity contribution in [2.75, 3.05) is 18.4 Å². The van der Waals surface area contributed by atoms with Crippen molar-refractivity contribution < 1.29 is 4.79 Å². The fraction of sp³-hybridized carbons (Fsp3) is 0.308. The van der Waals surface area contributed by atoms with Crippen LogP contribution in [0, 0.1) is 13.8 Å². The van der Waals surface area contributed by atoms with E-state index in [9.17, 15) is 4.79 Å². The molecule has 1 aromatic carbocycles. The van der Waals surface area contributed by atoms with Crippen LogP contribution in [0.1, 0.15) is 11.4 Å². The zero-order valence-corrected chi connectivity index (χ0v) is 12.8. The molecule has 0 atom stereocenters. The number of amides is 2. The lowest BCUT2D eigenvalue weighted by Crippen LogP contribution is -2.30. The number of halogens is 1. The number of hydrogen-bond acceptors (Lipinski definition) is 4. The number of nitrogens with one attached hydrogen (secondary N) is 2. The molecule has 22 heavy (non-hydrogen) atoms. The molecule has 0 saturated heterocycles. The monoisotopic (exact) mass is 319 g/mol. The van der Waals surface area contributed by atoms with Gasteiger partial charge in [0.1, 0.15) is 5.52 Å². The molecule has 0 aliphatic rings. The number of benzene rings is 1. The molecule has 1 heterocycles. The SMILES string of the molecule is Cc1nc2ccc(NC(=O)NCCN=[N+]=[N-])c(Cl)c2nc1C. The van der Waals surface area contributed by atoms with Gasteiger partial charge in [-0.2, -0.15) is 0 Å². The van der Waals surface area contributed by atoms with Gasteiger partial charge in [-0.15, -0.1) is 0 Å². The summed E-state index contributed by atoms with van der Waals surface area (Å²) in [5, 5.41) is 8.83. The number of aryl methyl sites for hydroxylation is 2. The summed E-state index contributed by atoms with van der Waals surface area (Å²) in [6.45, 7) is 4.14. The molecule has 2 amide bonds. The molecule has 1 aromatic heterocycles. The number of fused-ring (bicyclic) bond motifs is 1. The first-order valence-electron chi connectivity index (χ1n) is 6.52. The molecule has 0 radical (unpaired) electrons. The summed E-state index contributed by atoms with van der Waals surface area (Å²) >= 11 is 6.28. The number of nitrogens with zero attached hydrogens (tertiary/aromatic N) is 5. The van der Waals surface area contributed by atoms with Crippen LogP contribution in [0.5, 0.6) is 0 Å². The summed E-state index contributed by atoms with van der Waals surface area (Å²) in [4.78, 5) is 23.1. The highest BCUT2D eigenvalue weighted by Crippen LogP contribution is 2.29. The molecule has 0 saturated carbocycles. The molecule has 0 unspecified atom stereocenters. The van der Waals surface area contributed by atoms with Crippen LogP contribution in [0.2, 0.25) is 5.02 Å². The van der Waals surface area contributed by atoms with Crippen molar-refractivity contribution in [3.8, 4) is 0 Å². The molecule has 114 valence electrons. The Morgan fingerprint density at radius 3 is 2.82 bits per heavy atom. The minimum Gasteiger partial charge on any atom is -0.338 e. The third-order valence-corrected chi connectivity index (χ3v) is 3.38. The predicted octanol–water partition coefficient (Wildman–Crippen LogP) is 3.33. The molecule has 2 aromatic rings. The highest BCUT2D eigenvalue weighted by atomic mass is 35.5. The Hall–Kier alpha value is -2.57. The van der Waals surface area contributed by atoms with Crippen molar-refractivity contribution in [3.63, 3.8) is 0 Å². The maximum atomic E-state index is 11.7. The van der Waals surface area contributed by atoms with Crippen LogP contribution in [0.25, 0.3) is 21.5 Å². The lowest BCUT2D eigenvalue weighted by molar-refractivity contribution is 0.252. The fourth-order valence-corrected chi connectivity index (χ4v) is 2.04. The third kappa shape index (κ3) is 3.55. The van der Waals surface area contributed by atoms with E-state index in [2.05, 4.69) is 30.6 Å². The van der Waals surface area contributed by atoms with Gasteiger partial charge in [0.25, 0.3) is 0 Å². The Bertz CT molecular complexity index is 771. The van der Waals surface area contributed by atoms with E-state index < -0.39 is 6.03 Å². The maximum Gasteiger partial charge on any atom is 0.319 e. The number of aromatic nitrogens is 2. The second kappa shape index (κ2) is 6.93. The van der Waals surface area contributed by atoms with Gasteiger partial charge in [-0.3, -0.25) is 0 Å². The van der Waals surface area contributed by atoms with Crippen LogP contribution in [0.3, 0.4) is 0 Å². The molecule has 0 aliphatic heterocycles. The van der Waals surface area contributed by atoms with E-state index in [1.807, 2.05) is 13.8 Å². The topological polar surface area (TPSA) is 116 Å². The van der Waals surface area contributed by atoms with Crippen molar-refractivity contribution in [2.24, 2.45) is 5.11 Å². The van der Waals surface area contributed by atoms with E-state index in [1.165, 1.54) is 0 Å². The first-order valence-corrected chi connectivity index (χ1v) is 6.90. The second-order valence-corrected chi connectivity index (χ2v) is 4.90. The van der Waals surface area contributed by atoms with Gasteiger partial charge in [-0.1, -0.05) is 16.7 Å². The fourth-order valence-electron chi connectivity index (χ4n) is 1.79. The van der Waals surface area contributed by atoms with E-state index in [4.69, 9.17) is 17.1 Å². The number of hydrogen-bond donors (Lipinski definition) is 2. The van der Waals surface area contributed by atoms with Gasteiger partial charge >= 0.3 is 6.03 Å². The number of urea groups is 1. The Balaban J connectivity index is 2.18. The molecular weight excluding hydrogens is 306 g/mol. The molecule has 2 rings (SSSR count). The van der Waals surface area contributed by atoms with E-state index in [1.54, 1.807) is 12.1 Å². The first kappa shape index (κ1) is 15.8. The van der Waals surface area contributed by atoms with Crippen molar-refractivity contribution in [2.45, 2.75) is 13.8 Å². The smallest absolute Gasteiger partial charge is 0.319 e. The molecule has 0 spiro atoms. The zero-order valence-electron chi connectivity index (χ0n) is 12.1. The zero-order chi connectivity index (χ0) is 16.1. The lowest BCUT2D eigenvalue weighted by atomic mass is 10.2. The minimum atomic E-state index is -0.439. The molecule has 0 bridgehead atoms. The van der Waals surface area contributed by atoms with Crippen LogP contribution < -0.4 is 10.6 Å². The molecule has 2 N–H and O–H groups in total. The molecule has 9 heteroatoms. The summed E-state index contributed by atoms with van der Waals surface area (Å²) in [5.41, 5.74) is 11.4. The van der Waals surface area contributed by atoms with Gasteiger partial charge < -0.3 is 10.6 Å². The van der Waals surface area contributed by atoms with E-state index in [0.29, 0.717) is 21.7 Å². The van der Waals surface area contributed by atoms with Gasteiger partial charge in [-0.05, 0) is 31.5 Å². The molecule has 0 aliphatic carbocycles. The quantitative estimate of drug-likeness (QED) is 0.389. The summed E-state index contributed by atoms with van der Waals surface area (Å²) in [6.07, 6.45) is 0. The average molecular weight is 320 g/mol. The normalized spacial score (nSPS) is 10.1. The Kier molecular flexibility index (Phi) is 4.98. The van der Waals surface area contributed by atoms with Crippen LogP contribution >= 0.6 is 11.6 Å². The highest BCUT2D eigenvalue weighted by Gasteiger charge is 2.11. The van der Waals surface area contributed by atoms with Crippen molar-refractivity contribution in [3.05, 3.63) is 39.0 Å². The summed E-state index contributed by atoms with van der Waals surface area (Å²) in [7, 11) is 0. The van der Waals surface area contributed by atoms with Crippen molar-refractivity contribution in [1.29, 1.82) is 0 Å². The van der Waals surface area contributed by atoms with E-state index >= 15 is 0 Å². The van der Waals surface area contributed by atoms with Crippen molar-refractivity contribution >= 4 is 34.4 Å². The minimum absolute atomic E-state index is 0.180. The molecule has 8 nitrogen and oxygen atoms in total. The van der Waals surface area contributed by atoms with Crippen LogP contribution in [0.4, 0.5) is 10.5 Å². The van der Waals surface area contributed by atoms with Gasteiger partial charge in [0.15, 0.2) is 0 Å². The van der Waals surface area contributed by atoms with Crippen LogP contribution in [0.15, 0.2) is 17.2 Å². The number of azide groups is 1. The maximum absolute atomic E-state index is 11.7.